The molecule has 0 radical (unpaired) electrons. The molecular formula is C12H27N. The Balaban J connectivity index is 3.70. The number of nitrogens with zero attached hydrogens (tertiary/aromatic N) is 1. The third kappa shape index (κ3) is 9.88. The molecule has 0 amide bonds. The normalized spacial score (nSPS) is 13.8. The van der Waals surface area contributed by atoms with Gasteiger partial charge in [-0.3, -0.25) is 0 Å². The summed E-state index contributed by atoms with van der Waals surface area (Å²) in [5, 5.41) is 0. The Kier molecular flexibility index (Phi) is 4.44. The van der Waals surface area contributed by atoms with Crippen molar-refractivity contribution < 1.29 is 0 Å². The SMILES string of the molecule is CN(CCC(C)(C)C)CC(C)(C)C. The summed E-state index contributed by atoms with van der Waals surface area (Å²) in [5.74, 6) is 0. The minimum Gasteiger partial charge on any atom is -0.306 e. The molecule has 0 saturated carbocycles. The van der Waals surface area contributed by atoms with Crippen LogP contribution < -0.4 is 0 Å². The van der Waals surface area contributed by atoms with Gasteiger partial charge in [0.15, 0.2) is 0 Å². The van der Waals surface area contributed by atoms with Gasteiger partial charge in [0.1, 0.15) is 0 Å². The maximum absolute atomic E-state index is 2.44. The van der Waals surface area contributed by atoms with Crippen molar-refractivity contribution >= 4 is 0 Å². The van der Waals surface area contributed by atoms with E-state index in [1.807, 2.05) is 0 Å². The van der Waals surface area contributed by atoms with Gasteiger partial charge in [0.2, 0.25) is 0 Å². The molecular weight excluding hydrogens is 158 g/mol. The molecule has 0 aliphatic carbocycles. The van der Waals surface area contributed by atoms with E-state index in [0.29, 0.717) is 10.8 Å². The molecule has 1 nitrogen and oxygen atoms in total. The van der Waals surface area contributed by atoms with E-state index in [1.54, 1.807) is 0 Å². The molecule has 1 heteroatoms. The van der Waals surface area contributed by atoms with Gasteiger partial charge in [0.25, 0.3) is 0 Å². The van der Waals surface area contributed by atoms with Crippen molar-refractivity contribution in [3.8, 4) is 0 Å². The van der Waals surface area contributed by atoms with Gasteiger partial charge in [0.05, 0.1) is 0 Å². The van der Waals surface area contributed by atoms with E-state index in [0.717, 1.165) is 0 Å². The Labute approximate surface area is 84.5 Å². The van der Waals surface area contributed by atoms with Crippen LogP contribution in [0.3, 0.4) is 0 Å². The number of hydrogen-bond donors (Lipinski definition) is 0. The smallest absolute Gasteiger partial charge is 0.00270 e. The van der Waals surface area contributed by atoms with Crippen molar-refractivity contribution in [1.82, 2.24) is 4.90 Å². The molecule has 0 rings (SSSR count). The largest absolute Gasteiger partial charge is 0.306 e. The van der Waals surface area contributed by atoms with Crippen molar-refractivity contribution in [1.29, 1.82) is 0 Å². The van der Waals surface area contributed by atoms with E-state index in [2.05, 4.69) is 53.5 Å². The van der Waals surface area contributed by atoms with Crippen LogP contribution in [0, 0.1) is 10.8 Å². The maximum Gasteiger partial charge on any atom is 0.00270 e. The van der Waals surface area contributed by atoms with Gasteiger partial charge in [-0.15, -0.1) is 0 Å². The summed E-state index contributed by atoms with van der Waals surface area (Å²) in [5.41, 5.74) is 0.888. The Morgan fingerprint density at radius 1 is 0.846 bits per heavy atom. The fourth-order valence-electron chi connectivity index (χ4n) is 1.42. The molecule has 0 heterocycles. The molecule has 0 N–H and O–H groups in total. The molecule has 0 atom stereocenters. The van der Waals surface area contributed by atoms with Gasteiger partial charge in [-0.05, 0) is 30.8 Å². The molecule has 0 aliphatic heterocycles. The molecule has 0 aromatic carbocycles. The van der Waals surface area contributed by atoms with Crippen LogP contribution in [0.5, 0.6) is 0 Å². The zero-order valence-electron chi connectivity index (χ0n) is 10.6. The highest BCUT2D eigenvalue weighted by Gasteiger charge is 2.16. The second kappa shape index (κ2) is 4.45. The van der Waals surface area contributed by atoms with Crippen molar-refractivity contribution in [2.75, 3.05) is 20.1 Å². The highest BCUT2D eigenvalue weighted by molar-refractivity contribution is 4.69. The second-order valence-electron chi connectivity index (χ2n) is 6.61. The summed E-state index contributed by atoms with van der Waals surface area (Å²) >= 11 is 0. The van der Waals surface area contributed by atoms with Crippen LogP contribution in [0.4, 0.5) is 0 Å². The van der Waals surface area contributed by atoms with Crippen LogP contribution in [0.15, 0.2) is 0 Å². The first-order valence-corrected chi connectivity index (χ1v) is 5.29. The lowest BCUT2D eigenvalue weighted by Gasteiger charge is -2.29. The van der Waals surface area contributed by atoms with Crippen LogP contribution in [-0.4, -0.2) is 25.0 Å². The fraction of sp³-hybridized carbons (Fsp3) is 1.00. The van der Waals surface area contributed by atoms with Gasteiger partial charge in [0, 0.05) is 6.54 Å². The van der Waals surface area contributed by atoms with E-state index in [4.69, 9.17) is 0 Å². The van der Waals surface area contributed by atoms with E-state index in [-0.39, 0.29) is 0 Å². The van der Waals surface area contributed by atoms with E-state index < -0.39 is 0 Å². The molecule has 0 unspecified atom stereocenters. The van der Waals surface area contributed by atoms with Crippen molar-refractivity contribution in [3.05, 3.63) is 0 Å². The molecule has 0 spiro atoms. The first-order chi connectivity index (χ1) is 5.60. The summed E-state index contributed by atoms with van der Waals surface area (Å²) in [4.78, 5) is 2.44. The summed E-state index contributed by atoms with van der Waals surface area (Å²) in [6.07, 6.45) is 1.28. The quantitative estimate of drug-likeness (QED) is 0.651. The highest BCUT2D eigenvalue weighted by atomic mass is 15.1. The van der Waals surface area contributed by atoms with Crippen LogP contribution in [0.1, 0.15) is 48.0 Å². The lowest BCUT2D eigenvalue weighted by molar-refractivity contribution is 0.200. The highest BCUT2D eigenvalue weighted by Crippen LogP contribution is 2.20. The molecule has 0 fully saturated rings. The predicted octanol–water partition coefficient (Wildman–Crippen LogP) is 3.40. The molecule has 0 aromatic rings. The third-order valence-corrected chi connectivity index (χ3v) is 1.99. The van der Waals surface area contributed by atoms with Gasteiger partial charge >= 0.3 is 0 Å². The van der Waals surface area contributed by atoms with Crippen molar-refractivity contribution in [2.24, 2.45) is 10.8 Å². The van der Waals surface area contributed by atoms with E-state index >= 15 is 0 Å². The molecule has 0 aromatic heterocycles. The summed E-state index contributed by atoms with van der Waals surface area (Å²) in [7, 11) is 2.22. The summed E-state index contributed by atoms with van der Waals surface area (Å²) in [6.45, 7) is 16.2. The lowest BCUT2D eigenvalue weighted by atomic mass is 9.91. The van der Waals surface area contributed by atoms with Gasteiger partial charge in [-0.1, -0.05) is 41.5 Å². The monoisotopic (exact) mass is 185 g/mol. The molecule has 0 bridgehead atoms. The van der Waals surface area contributed by atoms with Crippen LogP contribution in [0.2, 0.25) is 0 Å². The fourth-order valence-corrected chi connectivity index (χ4v) is 1.42. The van der Waals surface area contributed by atoms with E-state index in [1.165, 1.54) is 19.5 Å². The van der Waals surface area contributed by atoms with Crippen LogP contribution in [-0.2, 0) is 0 Å². The Hall–Kier alpha value is -0.0400. The van der Waals surface area contributed by atoms with Crippen LogP contribution >= 0.6 is 0 Å². The van der Waals surface area contributed by atoms with Gasteiger partial charge < -0.3 is 4.90 Å². The maximum atomic E-state index is 2.44. The van der Waals surface area contributed by atoms with Crippen molar-refractivity contribution in [2.45, 2.75) is 48.0 Å². The minimum atomic E-state index is 0.423. The number of rotatable bonds is 3. The first-order valence-electron chi connectivity index (χ1n) is 5.29. The standard InChI is InChI=1S/C12H27N/c1-11(2,3)8-9-13(7)10-12(4,5)6/h8-10H2,1-7H3. The van der Waals surface area contributed by atoms with Gasteiger partial charge in [-0.2, -0.15) is 0 Å². The minimum absolute atomic E-state index is 0.423. The molecule has 80 valence electrons. The Bertz CT molecular complexity index is 136. The Morgan fingerprint density at radius 2 is 1.31 bits per heavy atom. The summed E-state index contributed by atoms with van der Waals surface area (Å²) < 4.78 is 0. The molecule has 0 saturated heterocycles. The number of hydrogen-bond acceptors (Lipinski definition) is 1. The second-order valence-corrected chi connectivity index (χ2v) is 6.61. The van der Waals surface area contributed by atoms with Crippen LogP contribution in [0.25, 0.3) is 0 Å². The summed E-state index contributed by atoms with van der Waals surface area (Å²) in [6, 6.07) is 0. The average molecular weight is 185 g/mol. The first kappa shape index (κ1) is 13.0. The average Bonchev–Trinajstić information content (AvgIpc) is 1.78. The third-order valence-electron chi connectivity index (χ3n) is 1.99. The Morgan fingerprint density at radius 3 is 1.62 bits per heavy atom. The van der Waals surface area contributed by atoms with Gasteiger partial charge in [-0.25, -0.2) is 0 Å². The molecule has 13 heavy (non-hydrogen) atoms. The zero-order chi connectivity index (χ0) is 10.7. The topological polar surface area (TPSA) is 3.24 Å². The molecule has 0 aliphatic rings. The van der Waals surface area contributed by atoms with Crippen molar-refractivity contribution in [3.63, 3.8) is 0 Å². The zero-order valence-corrected chi connectivity index (χ0v) is 10.6. The predicted molar refractivity (Wildman–Crippen MR) is 61.0 cm³/mol. The van der Waals surface area contributed by atoms with E-state index in [9.17, 15) is 0 Å². The lowest BCUT2D eigenvalue weighted by Crippen LogP contribution is -2.31.